The van der Waals surface area contributed by atoms with Crippen molar-refractivity contribution in [1.29, 1.82) is 0 Å². The first-order valence-corrected chi connectivity index (χ1v) is 8.08. The third kappa shape index (κ3) is 2.64. The topological polar surface area (TPSA) is 55.8 Å². The van der Waals surface area contributed by atoms with Gasteiger partial charge in [0.15, 0.2) is 0 Å². The molecule has 0 aromatic rings. The molecule has 0 aromatic carbocycles. The van der Waals surface area contributed by atoms with Crippen LogP contribution >= 0.6 is 0 Å². The van der Waals surface area contributed by atoms with Crippen LogP contribution in [-0.4, -0.2) is 35.7 Å². The van der Waals surface area contributed by atoms with Crippen LogP contribution in [0.3, 0.4) is 0 Å². The molecule has 5 nitrogen and oxygen atoms in total. The summed E-state index contributed by atoms with van der Waals surface area (Å²) in [6.45, 7) is 2.63. The number of amides is 2. The Morgan fingerprint density at radius 3 is 2.19 bits per heavy atom. The molecule has 0 N–H and O–H groups in total. The summed E-state index contributed by atoms with van der Waals surface area (Å²) < 4.78 is 5.57. The van der Waals surface area contributed by atoms with Crippen molar-refractivity contribution in [3.63, 3.8) is 0 Å². The molecule has 21 heavy (non-hydrogen) atoms. The van der Waals surface area contributed by atoms with Crippen molar-refractivity contribution < 1.29 is 19.2 Å². The molecule has 5 heteroatoms. The predicted octanol–water partition coefficient (Wildman–Crippen LogP) is 2.22. The van der Waals surface area contributed by atoms with Crippen LogP contribution in [0.1, 0.15) is 45.4 Å². The van der Waals surface area contributed by atoms with Gasteiger partial charge in [-0.25, -0.2) is 0 Å². The van der Waals surface area contributed by atoms with Gasteiger partial charge in [0.05, 0.1) is 30.7 Å². The summed E-state index contributed by atoms with van der Waals surface area (Å²) in [7, 11) is 0. The molecule has 116 valence electrons. The third-order valence-corrected chi connectivity index (χ3v) is 4.59. The monoisotopic (exact) mass is 293 g/mol. The van der Waals surface area contributed by atoms with Crippen LogP contribution in [0, 0.1) is 11.8 Å². The van der Waals surface area contributed by atoms with Crippen molar-refractivity contribution >= 4 is 11.8 Å². The lowest BCUT2D eigenvalue weighted by atomic mass is 9.85. The van der Waals surface area contributed by atoms with E-state index < -0.39 is 0 Å². The van der Waals surface area contributed by atoms with Crippen molar-refractivity contribution in [2.75, 3.05) is 6.61 Å². The maximum atomic E-state index is 12.3. The van der Waals surface area contributed by atoms with Gasteiger partial charge in [0.1, 0.15) is 0 Å². The lowest BCUT2D eigenvalue weighted by molar-refractivity contribution is -0.192. The van der Waals surface area contributed by atoms with E-state index in [1.165, 1.54) is 25.7 Å². The highest BCUT2D eigenvalue weighted by Crippen LogP contribution is 2.45. The Morgan fingerprint density at radius 2 is 1.57 bits per heavy atom. The van der Waals surface area contributed by atoms with E-state index in [0.29, 0.717) is 6.61 Å². The van der Waals surface area contributed by atoms with Crippen LogP contribution in [0.5, 0.6) is 0 Å². The fourth-order valence-corrected chi connectivity index (χ4v) is 3.44. The van der Waals surface area contributed by atoms with E-state index in [-0.39, 0.29) is 35.9 Å². The standard InChI is InChI=1S/C16H23NO4/c1-2-3-4-5-6-7-10-20-17-15(18)13-11-8-9-12(21-11)14(13)16(17)19/h8-9,11-14H,2-7,10H2,1H3/t11-,12-,13-,14-/m0/s1. The van der Waals surface area contributed by atoms with Gasteiger partial charge in [0, 0.05) is 0 Å². The zero-order chi connectivity index (χ0) is 14.8. The lowest BCUT2D eigenvalue weighted by Gasteiger charge is -2.16. The first-order valence-electron chi connectivity index (χ1n) is 8.08. The van der Waals surface area contributed by atoms with Crippen molar-refractivity contribution in [2.45, 2.75) is 57.7 Å². The van der Waals surface area contributed by atoms with Gasteiger partial charge in [-0.3, -0.25) is 14.4 Å². The molecule has 2 bridgehead atoms. The number of fused-ring (bicyclic) bond motifs is 5. The molecule has 0 unspecified atom stereocenters. The Kier molecular flexibility index (Phi) is 4.40. The highest BCUT2D eigenvalue weighted by atomic mass is 16.7. The molecule has 0 radical (unpaired) electrons. The van der Waals surface area contributed by atoms with Crippen molar-refractivity contribution in [2.24, 2.45) is 11.8 Å². The maximum Gasteiger partial charge on any atom is 0.260 e. The number of rotatable bonds is 8. The molecule has 3 heterocycles. The highest BCUT2D eigenvalue weighted by molar-refractivity contribution is 6.05. The number of hydroxylamine groups is 2. The Labute approximate surface area is 125 Å². The molecule has 0 saturated carbocycles. The Hall–Kier alpha value is -1.20. The largest absolute Gasteiger partial charge is 0.365 e. The summed E-state index contributed by atoms with van der Waals surface area (Å²) in [4.78, 5) is 30.0. The molecule has 4 atom stereocenters. The Bertz CT molecular complexity index is 418. The van der Waals surface area contributed by atoms with Gasteiger partial charge in [-0.2, -0.15) is 5.06 Å². The third-order valence-electron chi connectivity index (χ3n) is 4.59. The van der Waals surface area contributed by atoms with E-state index in [1.807, 2.05) is 12.2 Å². The molecular formula is C16H23NO4. The van der Waals surface area contributed by atoms with Gasteiger partial charge < -0.3 is 4.74 Å². The minimum atomic E-state index is -0.364. The smallest absolute Gasteiger partial charge is 0.260 e. The van der Waals surface area contributed by atoms with Crippen LogP contribution in [0.4, 0.5) is 0 Å². The summed E-state index contributed by atoms with van der Waals surface area (Å²) in [5.41, 5.74) is 0. The molecule has 0 spiro atoms. The molecular weight excluding hydrogens is 270 g/mol. The molecule has 2 saturated heterocycles. The van der Waals surface area contributed by atoms with Crippen LogP contribution in [0.25, 0.3) is 0 Å². The van der Waals surface area contributed by atoms with Crippen LogP contribution in [-0.2, 0) is 19.2 Å². The number of carbonyl (C=O) groups excluding carboxylic acids is 2. The number of carbonyl (C=O) groups is 2. The number of hydrogen-bond donors (Lipinski definition) is 0. The van der Waals surface area contributed by atoms with Gasteiger partial charge in [0.25, 0.3) is 11.8 Å². The van der Waals surface area contributed by atoms with Crippen LogP contribution < -0.4 is 0 Å². The molecule has 0 aliphatic carbocycles. The van der Waals surface area contributed by atoms with Crippen LogP contribution in [0.2, 0.25) is 0 Å². The molecule has 2 fully saturated rings. The molecule has 0 aromatic heterocycles. The minimum absolute atomic E-state index is 0.229. The minimum Gasteiger partial charge on any atom is -0.365 e. The second-order valence-corrected chi connectivity index (χ2v) is 6.07. The summed E-state index contributed by atoms with van der Waals surface area (Å²) in [5, 5.41) is 0.997. The second-order valence-electron chi connectivity index (χ2n) is 6.07. The van der Waals surface area contributed by atoms with Gasteiger partial charge in [-0.05, 0) is 6.42 Å². The SMILES string of the molecule is CCCCCCCCON1C(=O)[C@@H]2[C@@H](C1=O)[C@@H]1C=C[C@@H]2O1. The van der Waals surface area contributed by atoms with Crippen molar-refractivity contribution in [1.82, 2.24) is 5.06 Å². The quantitative estimate of drug-likeness (QED) is 0.391. The van der Waals surface area contributed by atoms with E-state index >= 15 is 0 Å². The van der Waals surface area contributed by atoms with Gasteiger partial charge in [-0.15, -0.1) is 0 Å². The highest BCUT2D eigenvalue weighted by Gasteiger charge is 2.61. The number of imide groups is 1. The molecule has 3 aliphatic heterocycles. The van der Waals surface area contributed by atoms with E-state index in [2.05, 4.69) is 6.92 Å². The number of hydrogen-bond acceptors (Lipinski definition) is 4. The average Bonchev–Trinajstić information content (AvgIpc) is 3.15. The maximum absolute atomic E-state index is 12.3. The zero-order valence-electron chi connectivity index (χ0n) is 12.5. The van der Waals surface area contributed by atoms with Gasteiger partial charge in [0.2, 0.25) is 0 Å². The predicted molar refractivity (Wildman–Crippen MR) is 76.0 cm³/mol. The zero-order valence-corrected chi connectivity index (χ0v) is 12.5. The summed E-state index contributed by atoms with van der Waals surface area (Å²) >= 11 is 0. The Balaban J connectivity index is 1.43. The van der Waals surface area contributed by atoms with Gasteiger partial charge in [-0.1, -0.05) is 51.2 Å². The van der Waals surface area contributed by atoms with Gasteiger partial charge >= 0.3 is 0 Å². The summed E-state index contributed by atoms with van der Waals surface area (Å²) in [6, 6.07) is 0. The number of nitrogens with zero attached hydrogens (tertiary/aromatic N) is 1. The molecule has 2 amide bonds. The summed E-state index contributed by atoms with van der Waals surface area (Å²) in [6.07, 6.45) is 10.2. The number of ether oxygens (including phenoxy) is 1. The van der Waals surface area contributed by atoms with Crippen molar-refractivity contribution in [3.05, 3.63) is 12.2 Å². The normalized spacial score (nSPS) is 33.3. The number of unbranched alkanes of at least 4 members (excludes halogenated alkanes) is 5. The summed E-state index contributed by atoms with van der Waals surface area (Å²) in [5.74, 6) is -1.19. The molecule has 3 aliphatic rings. The van der Waals surface area contributed by atoms with Crippen LogP contribution in [0.15, 0.2) is 12.2 Å². The fraction of sp³-hybridized carbons (Fsp3) is 0.750. The van der Waals surface area contributed by atoms with E-state index in [0.717, 1.165) is 17.9 Å². The van der Waals surface area contributed by atoms with E-state index in [1.54, 1.807) is 0 Å². The second kappa shape index (κ2) is 6.28. The first kappa shape index (κ1) is 14.7. The molecule has 3 rings (SSSR count). The first-order chi connectivity index (χ1) is 10.2. The lowest BCUT2D eigenvalue weighted by Crippen LogP contribution is -2.34. The Morgan fingerprint density at radius 1 is 1.00 bits per heavy atom. The van der Waals surface area contributed by atoms with E-state index in [4.69, 9.17) is 9.57 Å². The van der Waals surface area contributed by atoms with Crippen molar-refractivity contribution in [3.8, 4) is 0 Å². The fourth-order valence-electron chi connectivity index (χ4n) is 3.44. The average molecular weight is 293 g/mol. The van der Waals surface area contributed by atoms with E-state index in [9.17, 15) is 9.59 Å².